The molecule has 6 nitrogen and oxygen atoms in total. The van der Waals surface area contributed by atoms with Gasteiger partial charge in [0.15, 0.2) is 11.5 Å². The summed E-state index contributed by atoms with van der Waals surface area (Å²) in [5.74, 6) is 0.492. The summed E-state index contributed by atoms with van der Waals surface area (Å²) in [6, 6.07) is 7.83. The lowest BCUT2D eigenvalue weighted by Gasteiger charge is -2.29. The molecule has 0 saturated heterocycles. The Morgan fingerprint density at radius 3 is 2.95 bits per heavy atom. The van der Waals surface area contributed by atoms with Gasteiger partial charge in [-0.05, 0) is 36.6 Å². The predicted molar refractivity (Wildman–Crippen MR) is 82.8 cm³/mol. The van der Waals surface area contributed by atoms with Crippen LogP contribution in [0.5, 0.6) is 0 Å². The maximum Gasteiger partial charge on any atom is 0.223 e. The topological polar surface area (TPSA) is 81.9 Å². The lowest BCUT2D eigenvalue weighted by atomic mass is 10.0. The molecule has 1 aliphatic rings. The number of benzene rings is 1. The molecule has 0 saturated carbocycles. The van der Waals surface area contributed by atoms with Gasteiger partial charge in [0, 0.05) is 37.2 Å². The Morgan fingerprint density at radius 2 is 2.18 bits per heavy atom. The molecule has 1 aromatic carbocycles. The van der Waals surface area contributed by atoms with Crippen LogP contribution in [0.15, 0.2) is 30.6 Å². The average molecular weight is 293 g/mol. The number of nitrogens with zero attached hydrogens (tertiary/aromatic N) is 4. The lowest BCUT2D eigenvalue weighted by molar-refractivity contribution is -0.116. The van der Waals surface area contributed by atoms with Crippen LogP contribution in [-0.4, -0.2) is 22.4 Å². The Hall–Kier alpha value is -2.94. The number of nitriles is 1. The average Bonchev–Trinajstić information content (AvgIpc) is 2.54. The fourth-order valence-corrected chi connectivity index (χ4v) is 2.65. The van der Waals surface area contributed by atoms with Gasteiger partial charge in [-0.2, -0.15) is 5.26 Å². The maximum absolute atomic E-state index is 11.7. The minimum absolute atomic E-state index is 0.0577. The van der Waals surface area contributed by atoms with Crippen molar-refractivity contribution in [3.05, 3.63) is 41.9 Å². The van der Waals surface area contributed by atoms with Crippen LogP contribution in [0.4, 0.5) is 17.2 Å². The molecule has 0 atom stereocenters. The molecule has 2 heterocycles. The first-order valence-corrected chi connectivity index (χ1v) is 7.08. The van der Waals surface area contributed by atoms with Crippen molar-refractivity contribution in [3.8, 4) is 6.07 Å². The summed E-state index contributed by atoms with van der Waals surface area (Å²) in [6.45, 7) is 2.35. The lowest BCUT2D eigenvalue weighted by Crippen LogP contribution is -2.33. The van der Waals surface area contributed by atoms with E-state index in [2.05, 4.69) is 15.3 Å². The number of fused-ring (bicyclic) bond motifs is 1. The largest absolute Gasteiger partial charge is 0.338 e. The second-order valence-corrected chi connectivity index (χ2v) is 5.11. The molecule has 3 rings (SSSR count). The Labute approximate surface area is 128 Å². The van der Waals surface area contributed by atoms with Gasteiger partial charge in [0.1, 0.15) is 6.07 Å². The molecule has 1 aromatic heterocycles. The van der Waals surface area contributed by atoms with E-state index in [9.17, 15) is 4.79 Å². The summed E-state index contributed by atoms with van der Waals surface area (Å²) >= 11 is 0. The summed E-state index contributed by atoms with van der Waals surface area (Å²) in [6.07, 6.45) is 4.91. The Kier molecular flexibility index (Phi) is 3.71. The fourth-order valence-electron chi connectivity index (χ4n) is 2.65. The molecule has 1 aliphatic heterocycles. The standard InChI is InChI=1S/C16H15N5O/c1-11(22)21-8-2-3-12-9-13(4-5-15(12)21)20-16-14(10-17)18-6-7-19-16/h4-7,9H,2-3,8H2,1H3,(H,19,20). The van der Waals surface area contributed by atoms with Crippen LogP contribution in [0.3, 0.4) is 0 Å². The number of aromatic nitrogens is 2. The van der Waals surface area contributed by atoms with Crippen LogP contribution in [0, 0.1) is 11.3 Å². The Bertz CT molecular complexity index is 765. The van der Waals surface area contributed by atoms with E-state index < -0.39 is 0 Å². The van der Waals surface area contributed by atoms with Crippen molar-refractivity contribution in [1.29, 1.82) is 5.26 Å². The zero-order chi connectivity index (χ0) is 15.5. The minimum atomic E-state index is 0.0577. The molecule has 0 fully saturated rings. The third kappa shape index (κ3) is 2.61. The molecule has 0 bridgehead atoms. The highest BCUT2D eigenvalue weighted by Crippen LogP contribution is 2.30. The molecule has 2 aromatic rings. The molecule has 0 unspecified atom stereocenters. The van der Waals surface area contributed by atoms with E-state index in [0.29, 0.717) is 5.82 Å². The summed E-state index contributed by atoms with van der Waals surface area (Å²) in [4.78, 5) is 21.6. The molecule has 6 heteroatoms. The molecule has 0 radical (unpaired) electrons. The Balaban J connectivity index is 1.91. The number of hydrogen-bond acceptors (Lipinski definition) is 5. The van der Waals surface area contributed by atoms with E-state index in [-0.39, 0.29) is 11.6 Å². The number of amides is 1. The van der Waals surface area contributed by atoms with Gasteiger partial charge in [-0.1, -0.05) is 0 Å². The summed E-state index contributed by atoms with van der Waals surface area (Å²) in [5.41, 5.74) is 3.17. The van der Waals surface area contributed by atoms with Gasteiger partial charge >= 0.3 is 0 Å². The zero-order valence-electron chi connectivity index (χ0n) is 12.2. The van der Waals surface area contributed by atoms with Crippen molar-refractivity contribution in [2.75, 3.05) is 16.8 Å². The minimum Gasteiger partial charge on any atom is -0.338 e. The summed E-state index contributed by atoms with van der Waals surface area (Å²) in [7, 11) is 0. The molecule has 110 valence electrons. The normalized spacial score (nSPS) is 13.2. The van der Waals surface area contributed by atoms with Gasteiger partial charge in [-0.3, -0.25) is 4.79 Å². The predicted octanol–water partition coefficient (Wildman–Crippen LogP) is 2.39. The molecule has 22 heavy (non-hydrogen) atoms. The van der Waals surface area contributed by atoms with Crippen molar-refractivity contribution in [2.24, 2.45) is 0 Å². The highest BCUT2D eigenvalue weighted by atomic mass is 16.2. The molecule has 0 spiro atoms. The quantitative estimate of drug-likeness (QED) is 0.919. The van der Waals surface area contributed by atoms with Gasteiger partial charge in [0.25, 0.3) is 0 Å². The molecule has 0 aliphatic carbocycles. The van der Waals surface area contributed by atoms with Crippen LogP contribution in [-0.2, 0) is 11.2 Å². The first-order chi connectivity index (χ1) is 10.7. The van der Waals surface area contributed by atoms with E-state index in [4.69, 9.17) is 5.26 Å². The number of aryl methyl sites for hydroxylation is 1. The van der Waals surface area contributed by atoms with Crippen molar-refractivity contribution in [2.45, 2.75) is 19.8 Å². The highest BCUT2D eigenvalue weighted by molar-refractivity contribution is 5.93. The van der Waals surface area contributed by atoms with Crippen LogP contribution in [0.2, 0.25) is 0 Å². The van der Waals surface area contributed by atoms with E-state index in [0.717, 1.165) is 36.3 Å². The molecular weight excluding hydrogens is 278 g/mol. The maximum atomic E-state index is 11.7. The van der Waals surface area contributed by atoms with Crippen molar-refractivity contribution < 1.29 is 4.79 Å². The van der Waals surface area contributed by atoms with Crippen molar-refractivity contribution >= 4 is 23.1 Å². The molecular formula is C16H15N5O. The third-order valence-electron chi connectivity index (χ3n) is 3.65. The van der Waals surface area contributed by atoms with E-state index in [1.807, 2.05) is 24.3 Å². The number of nitrogens with one attached hydrogen (secondary N) is 1. The third-order valence-corrected chi connectivity index (χ3v) is 3.65. The second-order valence-electron chi connectivity index (χ2n) is 5.11. The Morgan fingerprint density at radius 1 is 1.36 bits per heavy atom. The number of carbonyl (C=O) groups excluding carboxylic acids is 1. The fraction of sp³-hybridized carbons (Fsp3) is 0.250. The smallest absolute Gasteiger partial charge is 0.223 e. The van der Waals surface area contributed by atoms with Gasteiger partial charge in [-0.25, -0.2) is 9.97 Å². The highest BCUT2D eigenvalue weighted by Gasteiger charge is 2.20. The molecule has 1 N–H and O–H groups in total. The van der Waals surface area contributed by atoms with E-state index in [1.54, 1.807) is 18.0 Å². The number of anilines is 3. The van der Waals surface area contributed by atoms with E-state index >= 15 is 0 Å². The SMILES string of the molecule is CC(=O)N1CCCc2cc(Nc3nccnc3C#N)ccc21. The van der Waals surface area contributed by atoms with Gasteiger partial charge < -0.3 is 10.2 Å². The van der Waals surface area contributed by atoms with Crippen molar-refractivity contribution in [1.82, 2.24) is 9.97 Å². The van der Waals surface area contributed by atoms with Crippen LogP contribution >= 0.6 is 0 Å². The summed E-state index contributed by atoms with van der Waals surface area (Å²) in [5, 5.41) is 12.2. The van der Waals surface area contributed by atoms with Crippen molar-refractivity contribution in [3.63, 3.8) is 0 Å². The first-order valence-electron chi connectivity index (χ1n) is 7.08. The number of hydrogen-bond donors (Lipinski definition) is 1. The summed E-state index contributed by atoms with van der Waals surface area (Å²) < 4.78 is 0. The number of carbonyl (C=O) groups is 1. The van der Waals surface area contributed by atoms with Gasteiger partial charge in [0.2, 0.25) is 5.91 Å². The van der Waals surface area contributed by atoms with Crippen LogP contribution in [0.25, 0.3) is 0 Å². The van der Waals surface area contributed by atoms with Crippen LogP contribution in [0.1, 0.15) is 24.6 Å². The van der Waals surface area contributed by atoms with Gasteiger partial charge in [-0.15, -0.1) is 0 Å². The van der Waals surface area contributed by atoms with Gasteiger partial charge in [0.05, 0.1) is 0 Å². The first kappa shape index (κ1) is 14.0. The van der Waals surface area contributed by atoms with E-state index in [1.165, 1.54) is 6.20 Å². The number of rotatable bonds is 2. The van der Waals surface area contributed by atoms with Crippen LogP contribution < -0.4 is 10.2 Å². The second kappa shape index (κ2) is 5.82. The zero-order valence-corrected chi connectivity index (χ0v) is 12.2. The monoisotopic (exact) mass is 293 g/mol. The molecule has 1 amide bonds.